The first-order valence-corrected chi connectivity index (χ1v) is 10.5. The minimum atomic E-state index is -0.308. The number of halogens is 1. The number of rotatable bonds is 9. The SMILES string of the molecule is CCN(CC(=O)NCc1ccc(F)cc1)CC(=O)N(CC)c1cccc2ccccc12. The third kappa shape index (κ3) is 5.89. The van der Waals surface area contributed by atoms with Crippen molar-refractivity contribution in [2.45, 2.75) is 20.4 Å². The molecule has 162 valence electrons. The molecule has 6 heteroatoms. The number of hydrogen-bond acceptors (Lipinski definition) is 3. The third-order valence-corrected chi connectivity index (χ3v) is 5.25. The molecule has 0 saturated carbocycles. The zero-order valence-electron chi connectivity index (χ0n) is 18.0. The van der Waals surface area contributed by atoms with Gasteiger partial charge in [-0.2, -0.15) is 0 Å². The van der Waals surface area contributed by atoms with Gasteiger partial charge in [-0.25, -0.2) is 4.39 Å². The molecule has 0 atom stereocenters. The van der Waals surface area contributed by atoms with Crippen molar-refractivity contribution in [1.29, 1.82) is 0 Å². The van der Waals surface area contributed by atoms with Crippen molar-refractivity contribution in [3.63, 3.8) is 0 Å². The lowest BCUT2D eigenvalue weighted by molar-refractivity contribution is -0.124. The molecule has 0 aromatic heterocycles. The summed E-state index contributed by atoms with van der Waals surface area (Å²) in [6.45, 7) is 5.58. The molecular weight excluding hydrogens is 393 g/mol. The van der Waals surface area contributed by atoms with Crippen LogP contribution in [0, 0.1) is 5.82 Å². The fourth-order valence-corrected chi connectivity index (χ4v) is 3.54. The molecule has 0 saturated heterocycles. The van der Waals surface area contributed by atoms with Gasteiger partial charge in [0.25, 0.3) is 0 Å². The van der Waals surface area contributed by atoms with Gasteiger partial charge in [0.1, 0.15) is 5.82 Å². The van der Waals surface area contributed by atoms with Crippen LogP contribution >= 0.6 is 0 Å². The highest BCUT2D eigenvalue weighted by Gasteiger charge is 2.20. The number of benzene rings is 3. The Morgan fingerprint density at radius 3 is 2.29 bits per heavy atom. The maximum absolute atomic E-state index is 13.1. The maximum Gasteiger partial charge on any atom is 0.241 e. The van der Waals surface area contributed by atoms with Crippen molar-refractivity contribution >= 4 is 28.3 Å². The second-order valence-electron chi connectivity index (χ2n) is 7.34. The molecule has 3 aromatic carbocycles. The number of carbonyl (C=O) groups excluding carboxylic acids is 2. The summed E-state index contributed by atoms with van der Waals surface area (Å²) in [6.07, 6.45) is 0. The van der Waals surface area contributed by atoms with E-state index in [4.69, 9.17) is 0 Å². The normalized spacial score (nSPS) is 11.0. The van der Waals surface area contributed by atoms with Crippen LogP contribution in [-0.2, 0) is 16.1 Å². The molecule has 0 aliphatic carbocycles. The second kappa shape index (κ2) is 10.7. The lowest BCUT2D eigenvalue weighted by Gasteiger charge is -2.26. The monoisotopic (exact) mass is 421 g/mol. The number of anilines is 1. The van der Waals surface area contributed by atoms with Crippen LogP contribution in [0.25, 0.3) is 10.8 Å². The van der Waals surface area contributed by atoms with Crippen LogP contribution in [-0.4, -0.2) is 42.9 Å². The molecule has 3 rings (SSSR count). The molecule has 0 radical (unpaired) electrons. The molecule has 0 aliphatic heterocycles. The molecule has 0 fully saturated rings. The first-order chi connectivity index (χ1) is 15.0. The second-order valence-corrected chi connectivity index (χ2v) is 7.34. The highest BCUT2D eigenvalue weighted by molar-refractivity contribution is 6.04. The van der Waals surface area contributed by atoms with Gasteiger partial charge in [0.15, 0.2) is 0 Å². The van der Waals surface area contributed by atoms with Crippen molar-refractivity contribution < 1.29 is 14.0 Å². The van der Waals surface area contributed by atoms with E-state index in [1.54, 1.807) is 17.0 Å². The standard InChI is InChI=1S/C25H28FN3O2/c1-3-28(17-24(30)27-16-19-12-14-21(26)15-13-19)18-25(31)29(4-2)23-11-7-9-20-8-5-6-10-22(20)23/h5-15H,3-4,16-18H2,1-2H3,(H,27,30). The van der Waals surface area contributed by atoms with Crippen molar-refractivity contribution in [1.82, 2.24) is 10.2 Å². The average Bonchev–Trinajstić information content (AvgIpc) is 2.79. The van der Waals surface area contributed by atoms with E-state index in [1.165, 1.54) is 12.1 Å². The molecule has 0 bridgehead atoms. The van der Waals surface area contributed by atoms with Crippen LogP contribution < -0.4 is 10.2 Å². The Morgan fingerprint density at radius 1 is 0.871 bits per heavy atom. The highest BCUT2D eigenvalue weighted by atomic mass is 19.1. The lowest BCUT2D eigenvalue weighted by Crippen LogP contribution is -2.44. The van der Waals surface area contributed by atoms with Crippen LogP contribution in [0.1, 0.15) is 19.4 Å². The minimum Gasteiger partial charge on any atom is -0.351 e. The molecule has 2 amide bonds. The summed E-state index contributed by atoms with van der Waals surface area (Å²) >= 11 is 0. The highest BCUT2D eigenvalue weighted by Crippen LogP contribution is 2.26. The van der Waals surface area contributed by atoms with E-state index in [0.717, 1.165) is 22.0 Å². The maximum atomic E-state index is 13.1. The summed E-state index contributed by atoms with van der Waals surface area (Å²) in [6, 6.07) is 19.9. The number of likely N-dealkylation sites (N-methyl/N-ethyl adjacent to an activating group) is 2. The largest absolute Gasteiger partial charge is 0.351 e. The van der Waals surface area contributed by atoms with Gasteiger partial charge in [0.05, 0.1) is 18.8 Å². The Kier molecular flexibility index (Phi) is 7.73. The van der Waals surface area contributed by atoms with Crippen LogP contribution in [0.2, 0.25) is 0 Å². The van der Waals surface area contributed by atoms with Gasteiger partial charge in [-0.1, -0.05) is 55.5 Å². The van der Waals surface area contributed by atoms with Gasteiger partial charge in [0, 0.05) is 18.5 Å². The summed E-state index contributed by atoms with van der Waals surface area (Å²) in [5.41, 5.74) is 1.70. The molecule has 0 aliphatic rings. The number of nitrogens with zero attached hydrogens (tertiary/aromatic N) is 2. The van der Waals surface area contributed by atoms with Crippen LogP contribution in [0.4, 0.5) is 10.1 Å². The van der Waals surface area contributed by atoms with Gasteiger partial charge in [-0.3, -0.25) is 14.5 Å². The molecule has 31 heavy (non-hydrogen) atoms. The fraction of sp³-hybridized carbons (Fsp3) is 0.280. The van der Waals surface area contributed by atoms with Gasteiger partial charge in [-0.15, -0.1) is 0 Å². The minimum absolute atomic E-state index is 0.0490. The zero-order valence-corrected chi connectivity index (χ0v) is 18.0. The molecular formula is C25H28FN3O2. The van der Waals surface area contributed by atoms with E-state index in [0.29, 0.717) is 19.6 Å². The Balaban J connectivity index is 1.62. The van der Waals surface area contributed by atoms with E-state index in [9.17, 15) is 14.0 Å². The van der Waals surface area contributed by atoms with E-state index in [-0.39, 0.29) is 30.7 Å². The number of amides is 2. The molecule has 1 N–H and O–H groups in total. The molecule has 0 heterocycles. The molecule has 3 aromatic rings. The van der Waals surface area contributed by atoms with E-state index in [2.05, 4.69) is 5.32 Å². The molecule has 0 spiro atoms. The molecule has 0 unspecified atom stereocenters. The smallest absolute Gasteiger partial charge is 0.241 e. The van der Waals surface area contributed by atoms with E-state index < -0.39 is 0 Å². The van der Waals surface area contributed by atoms with Gasteiger partial charge in [0.2, 0.25) is 11.8 Å². The summed E-state index contributed by atoms with van der Waals surface area (Å²) in [7, 11) is 0. The predicted molar refractivity (Wildman–Crippen MR) is 122 cm³/mol. The third-order valence-electron chi connectivity index (χ3n) is 5.25. The summed E-state index contributed by atoms with van der Waals surface area (Å²) in [5.74, 6) is -0.531. The topological polar surface area (TPSA) is 52.7 Å². The summed E-state index contributed by atoms with van der Waals surface area (Å²) in [5, 5.41) is 4.94. The summed E-state index contributed by atoms with van der Waals surface area (Å²) in [4.78, 5) is 29.0. The number of nitrogens with one attached hydrogen (secondary N) is 1. The van der Waals surface area contributed by atoms with Crippen LogP contribution in [0.5, 0.6) is 0 Å². The van der Waals surface area contributed by atoms with Crippen LogP contribution in [0.3, 0.4) is 0 Å². The Hall–Kier alpha value is -3.25. The van der Waals surface area contributed by atoms with Gasteiger partial charge >= 0.3 is 0 Å². The van der Waals surface area contributed by atoms with Crippen molar-refractivity contribution in [2.24, 2.45) is 0 Å². The first-order valence-electron chi connectivity index (χ1n) is 10.5. The lowest BCUT2D eigenvalue weighted by atomic mass is 10.1. The Morgan fingerprint density at radius 2 is 1.58 bits per heavy atom. The summed E-state index contributed by atoms with van der Waals surface area (Å²) < 4.78 is 13.0. The number of hydrogen-bond donors (Lipinski definition) is 1. The van der Waals surface area contributed by atoms with Gasteiger partial charge < -0.3 is 10.2 Å². The van der Waals surface area contributed by atoms with Crippen LogP contribution in [0.15, 0.2) is 66.7 Å². The Bertz CT molecular complexity index is 1030. The average molecular weight is 422 g/mol. The van der Waals surface area contributed by atoms with E-state index in [1.807, 2.05) is 61.2 Å². The number of fused-ring (bicyclic) bond motifs is 1. The Labute approximate surface area is 182 Å². The van der Waals surface area contributed by atoms with Crippen molar-refractivity contribution in [3.05, 3.63) is 78.1 Å². The fourth-order valence-electron chi connectivity index (χ4n) is 3.54. The zero-order chi connectivity index (χ0) is 22.2. The van der Waals surface area contributed by atoms with Crippen molar-refractivity contribution in [2.75, 3.05) is 31.1 Å². The predicted octanol–water partition coefficient (Wildman–Crippen LogP) is 3.97. The van der Waals surface area contributed by atoms with E-state index >= 15 is 0 Å². The molecule has 5 nitrogen and oxygen atoms in total. The first kappa shape index (κ1) is 22.4. The number of carbonyl (C=O) groups is 2. The van der Waals surface area contributed by atoms with Crippen molar-refractivity contribution in [3.8, 4) is 0 Å². The quantitative estimate of drug-likeness (QED) is 0.569. The van der Waals surface area contributed by atoms with Gasteiger partial charge in [-0.05, 0) is 42.6 Å².